The molecule has 1 aromatic rings. The molecule has 0 radical (unpaired) electrons. The second kappa shape index (κ2) is 2.79. The lowest BCUT2D eigenvalue weighted by molar-refractivity contribution is 0.146. The van der Waals surface area contributed by atoms with Gasteiger partial charge in [-0.15, -0.1) is 0 Å². The van der Waals surface area contributed by atoms with Gasteiger partial charge >= 0.3 is 0 Å². The summed E-state index contributed by atoms with van der Waals surface area (Å²) >= 11 is 3.25. The molecular formula is C10H10BrFO. The Morgan fingerprint density at radius 1 is 1.46 bits per heavy atom. The van der Waals surface area contributed by atoms with Crippen molar-refractivity contribution in [3.8, 4) is 0 Å². The van der Waals surface area contributed by atoms with Gasteiger partial charge in [0.05, 0.1) is 5.60 Å². The predicted molar refractivity (Wildman–Crippen MR) is 52.0 cm³/mol. The molecule has 13 heavy (non-hydrogen) atoms. The van der Waals surface area contributed by atoms with E-state index in [-0.39, 0.29) is 5.82 Å². The first kappa shape index (κ1) is 9.16. The fourth-order valence-corrected chi connectivity index (χ4v) is 1.72. The highest BCUT2D eigenvalue weighted by atomic mass is 79.9. The molecule has 0 amide bonds. The molecule has 1 aliphatic carbocycles. The molecule has 0 aromatic heterocycles. The quantitative estimate of drug-likeness (QED) is 0.806. The highest BCUT2D eigenvalue weighted by Crippen LogP contribution is 2.46. The third-order valence-corrected chi connectivity index (χ3v) is 3.33. The molecular weight excluding hydrogens is 235 g/mol. The molecule has 1 saturated carbocycles. The standard InChI is InChI=1S/C10H10BrFO/c1-6-4-7(10(13)2-3-10)9(12)5-8(6)11/h4-5,13H,2-3H2,1H3. The van der Waals surface area contributed by atoms with Crippen molar-refractivity contribution in [1.82, 2.24) is 0 Å². The van der Waals surface area contributed by atoms with E-state index in [0.29, 0.717) is 18.4 Å². The van der Waals surface area contributed by atoms with Crippen molar-refractivity contribution in [2.75, 3.05) is 0 Å². The van der Waals surface area contributed by atoms with E-state index in [1.54, 1.807) is 6.07 Å². The number of benzene rings is 1. The van der Waals surface area contributed by atoms with Gasteiger partial charge in [0.25, 0.3) is 0 Å². The van der Waals surface area contributed by atoms with E-state index in [2.05, 4.69) is 15.9 Å². The Bertz CT molecular complexity index is 358. The molecule has 0 aliphatic heterocycles. The number of hydrogen-bond acceptors (Lipinski definition) is 1. The van der Waals surface area contributed by atoms with E-state index in [1.807, 2.05) is 6.92 Å². The summed E-state index contributed by atoms with van der Waals surface area (Å²) < 4.78 is 14.1. The molecule has 3 heteroatoms. The third kappa shape index (κ3) is 1.51. The van der Waals surface area contributed by atoms with Gasteiger partial charge in [-0.05, 0) is 37.5 Å². The summed E-state index contributed by atoms with van der Waals surface area (Å²) in [4.78, 5) is 0. The summed E-state index contributed by atoms with van der Waals surface area (Å²) in [6, 6.07) is 3.13. The van der Waals surface area contributed by atoms with Gasteiger partial charge in [-0.1, -0.05) is 15.9 Å². The van der Waals surface area contributed by atoms with Crippen LogP contribution in [0.15, 0.2) is 16.6 Å². The van der Waals surface area contributed by atoms with Gasteiger partial charge in [-0.25, -0.2) is 4.39 Å². The second-order valence-corrected chi connectivity index (χ2v) is 4.47. The Labute approximate surface area is 84.7 Å². The van der Waals surface area contributed by atoms with E-state index in [1.165, 1.54) is 6.07 Å². The predicted octanol–water partition coefficient (Wildman–Crippen LogP) is 2.88. The summed E-state index contributed by atoms with van der Waals surface area (Å²) in [6.07, 6.45) is 1.34. The Morgan fingerprint density at radius 2 is 2.08 bits per heavy atom. The van der Waals surface area contributed by atoms with Gasteiger partial charge in [-0.3, -0.25) is 0 Å². The smallest absolute Gasteiger partial charge is 0.130 e. The molecule has 0 atom stereocenters. The van der Waals surface area contributed by atoms with Gasteiger partial charge in [0.2, 0.25) is 0 Å². The minimum Gasteiger partial charge on any atom is -0.385 e. The van der Waals surface area contributed by atoms with Gasteiger partial charge in [-0.2, -0.15) is 0 Å². The molecule has 0 heterocycles. The molecule has 0 saturated heterocycles. The van der Waals surface area contributed by atoms with Gasteiger partial charge in [0.15, 0.2) is 0 Å². The van der Waals surface area contributed by atoms with Crippen molar-refractivity contribution in [2.24, 2.45) is 0 Å². The minimum atomic E-state index is -0.879. The van der Waals surface area contributed by atoms with Gasteiger partial charge < -0.3 is 5.11 Å². The number of rotatable bonds is 1. The molecule has 1 nitrogen and oxygen atoms in total. The number of hydrogen-bond donors (Lipinski definition) is 1. The van der Waals surface area contributed by atoms with Gasteiger partial charge in [0, 0.05) is 10.0 Å². The van der Waals surface area contributed by atoms with Crippen LogP contribution >= 0.6 is 15.9 Å². The Morgan fingerprint density at radius 3 is 2.62 bits per heavy atom. The van der Waals surface area contributed by atoms with Crippen LogP contribution < -0.4 is 0 Å². The molecule has 0 spiro atoms. The van der Waals surface area contributed by atoms with E-state index in [9.17, 15) is 9.50 Å². The Balaban J connectivity index is 2.52. The van der Waals surface area contributed by atoms with Crippen LogP contribution in [0.2, 0.25) is 0 Å². The van der Waals surface area contributed by atoms with Crippen LogP contribution in [0.25, 0.3) is 0 Å². The summed E-state index contributed by atoms with van der Waals surface area (Å²) in [5, 5.41) is 9.74. The van der Waals surface area contributed by atoms with E-state index < -0.39 is 5.60 Å². The summed E-state index contributed by atoms with van der Waals surface area (Å²) in [7, 11) is 0. The zero-order valence-corrected chi connectivity index (χ0v) is 8.86. The van der Waals surface area contributed by atoms with Crippen LogP contribution in [0.1, 0.15) is 24.0 Å². The molecule has 0 unspecified atom stereocenters. The third-order valence-electron chi connectivity index (χ3n) is 2.47. The van der Waals surface area contributed by atoms with Crippen LogP contribution in [-0.4, -0.2) is 5.11 Å². The normalized spacial score (nSPS) is 18.8. The monoisotopic (exact) mass is 244 g/mol. The summed E-state index contributed by atoms with van der Waals surface area (Å²) in [5.74, 6) is -0.322. The molecule has 1 fully saturated rings. The first-order chi connectivity index (χ1) is 6.03. The van der Waals surface area contributed by atoms with Crippen molar-refractivity contribution in [3.63, 3.8) is 0 Å². The average Bonchev–Trinajstić information content (AvgIpc) is 2.77. The lowest BCUT2D eigenvalue weighted by Crippen LogP contribution is -2.07. The first-order valence-electron chi connectivity index (χ1n) is 4.21. The highest BCUT2D eigenvalue weighted by molar-refractivity contribution is 9.10. The fourth-order valence-electron chi connectivity index (χ4n) is 1.40. The lowest BCUT2D eigenvalue weighted by Gasteiger charge is -2.11. The van der Waals surface area contributed by atoms with Gasteiger partial charge in [0.1, 0.15) is 5.82 Å². The van der Waals surface area contributed by atoms with Crippen molar-refractivity contribution >= 4 is 15.9 Å². The van der Waals surface area contributed by atoms with Crippen molar-refractivity contribution < 1.29 is 9.50 Å². The highest BCUT2D eigenvalue weighted by Gasteiger charge is 2.44. The maximum absolute atomic E-state index is 13.4. The lowest BCUT2D eigenvalue weighted by atomic mass is 10.0. The Hall–Kier alpha value is -0.410. The first-order valence-corrected chi connectivity index (χ1v) is 5.01. The number of aliphatic hydroxyl groups is 1. The zero-order valence-electron chi connectivity index (χ0n) is 7.27. The zero-order chi connectivity index (χ0) is 9.64. The SMILES string of the molecule is Cc1cc(C2(O)CC2)c(F)cc1Br. The topological polar surface area (TPSA) is 20.2 Å². The van der Waals surface area contributed by atoms with Crippen molar-refractivity contribution in [1.29, 1.82) is 0 Å². The van der Waals surface area contributed by atoms with Crippen LogP contribution in [0.3, 0.4) is 0 Å². The molecule has 1 aromatic carbocycles. The number of halogens is 2. The van der Waals surface area contributed by atoms with Crippen LogP contribution in [-0.2, 0) is 5.60 Å². The number of aryl methyl sites for hydroxylation is 1. The van der Waals surface area contributed by atoms with Crippen molar-refractivity contribution in [2.45, 2.75) is 25.4 Å². The molecule has 1 aliphatic rings. The molecule has 70 valence electrons. The summed E-state index contributed by atoms with van der Waals surface area (Å²) in [5.41, 5.74) is 0.514. The van der Waals surface area contributed by atoms with E-state index in [4.69, 9.17) is 0 Å². The average molecular weight is 245 g/mol. The largest absolute Gasteiger partial charge is 0.385 e. The van der Waals surface area contributed by atoms with Crippen molar-refractivity contribution in [3.05, 3.63) is 33.5 Å². The maximum atomic E-state index is 13.4. The van der Waals surface area contributed by atoms with Crippen LogP contribution in [0.5, 0.6) is 0 Å². The molecule has 2 rings (SSSR count). The second-order valence-electron chi connectivity index (χ2n) is 3.61. The maximum Gasteiger partial charge on any atom is 0.130 e. The fraction of sp³-hybridized carbons (Fsp3) is 0.400. The van der Waals surface area contributed by atoms with E-state index >= 15 is 0 Å². The van der Waals surface area contributed by atoms with E-state index in [0.717, 1.165) is 10.0 Å². The van der Waals surface area contributed by atoms with Crippen LogP contribution in [0, 0.1) is 12.7 Å². The minimum absolute atomic E-state index is 0.322. The Kier molecular flexibility index (Phi) is 1.96. The summed E-state index contributed by atoms with van der Waals surface area (Å²) in [6.45, 7) is 1.89. The molecule has 1 N–H and O–H groups in total. The van der Waals surface area contributed by atoms with Crippen LogP contribution in [0.4, 0.5) is 4.39 Å². The molecule has 0 bridgehead atoms.